The van der Waals surface area contributed by atoms with Crippen LogP contribution in [-0.4, -0.2) is 115 Å². The molecule has 0 aromatic rings. The SMILES string of the molecule is CCCCCCCCCCCCCN(C)CC(=O)OC(CCCCC)C(O)C/C=C/CCCCCCCC(=O)NCNC(=O)C/C=C/CC(O)C(CCCCC)OC(=O)CN(C)CCCCCCCCCCCCC. The van der Waals surface area contributed by atoms with E-state index in [-0.39, 0.29) is 56.4 Å². The summed E-state index contributed by atoms with van der Waals surface area (Å²) in [7, 11) is 3.93. The van der Waals surface area contributed by atoms with Gasteiger partial charge < -0.3 is 30.3 Å². The average Bonchev–Trinajstić information content (AvgIpc) is 3.38. The van der Waals surface area contributed by atoms with Crippen LogP contribution in [0.25, 0.3) is 0 Å². The van der Waals surface area contributed by atoms with E-state index in [9.17, 15) is 29.4 Å². The van der Waals surface area contributed by atoms with Crippen LogP contribution in [0.2, 0.25) is 0 Å². The van der Waals surface area contributed by atoms with E-state index in [1.165, 1.54) is 128 Å². The lowest BCUT2D eigenvalue weighted by molar-refractivity contribution is -0.157. The van der Waals surface area contributed by atoms with E-state index in [1.807, 2.05) is 30.0 Å². The molecular weight excluding hydrogens is 941 g/mol. The molecule has 2 amide bonds. The first kappa shape index (κ1) is 72.2. The van der Waals surface area contributed by atoms with Crippen molar-refractivity contribution in [1.82, 2.24) is 20.4 Å². The highest BCUT2D eigenvalue weighted by atomic mass is 16.6. The van der Waals surface area contributed by atoms with E-state index in [1.54, 1.807) is 12.2 Å². The topological polar surface area (TPSA) is 158 Å². The van der Waals surface area contributed by atoms with E-state index in [2.05, 4.69) is 44.4 Å². The molecule has 0 heterocycles. The molecule has 0 aromatic carbocycles. The Kier molecular flexibility index (Phi) is 52.5. The molecule has 440 valence electrons. The molecule has 0 aliphatic rings. The van der Waals surface area contributed by atoms with Crippen molar-refractivity contribution in [2.75, 3.05) is 46.9 Å². The van der Waals surface area contributed by atoms with Gasteiger partial charge in [0.25, 0.3) is 0 Å². The smallest absolute Gasteiger partial charge is 0.320 e. The summed E-state index contributed by atoms with van der Waals surface area (Å²) in [4.78, 5) is 54.6. The highest BCUT2D eigenvalue weighted by Gasteiger charge is 2.24. The van der Waals surface area contributed by atoms with Crippen molar-refractivity contribution < 1.29 is 38.9 Å². The Hall–Kier alpha value is -2.80. The third kappa shape index (κ3) is 49.3. The fourth-order valence-corrected chi connectivity index (χ4v) is 9.52. The van der Waals surface area contributed by atoms with Gasteiger partial charge in [-0.25, -0.2) is 0 Å². The molecule has 4 N–H and O–H groups in total. The fraction of sp³-hybridized carbons (Fsp3) is 0.873. The summed E-state index contributed by atoms with van der Waals surface area (Å²) in [5, 5.41) is 27.5. The van der Waals surface area contributed by atoms with Crippen LogP contribution in [0.3, 0.4) is 0 Å². The number of nitrogens with one attached hydrogen (secondary N) is 2. The Morgan fingerprint density at radius 2 is 0.773 bits per heavy atom. The number of likely N-dealkylation sites (N-methyl/N-ethyl adjacent to an activating group) is 2. The number of rotatable bonds is 56. The van der Waals surface area contributed by atoms with Gasteiger partial charge in [0.2, 0.25) is 11.8 Å². The van der Waals surface area contributed by atoms with E-state index >= 15 is 0 Å². The van der Waals surface area contributed by atoms with Crippen LogP contribution in [0.4, 0.5) is 0 Å². The van der Waals surface area contributed by atoms with Crippen LogP contribution in [0.5, 0.6) is 0 Å². The number of amides is 2. The molecule has 0 rings (SSSR count). The molecule has 4 atom stereocenters. The second kappa shape index (κ2) is 54.6. The molecule has 0 saturated heterocycles. The predicted octanol–water partition coefficient (Wildman–Crippen LogP) is 14.4. The summed E-state index contributed by atoms with van der Waals surface area (Å²) < 4.78 is 11.7. The Balaban J connectivity index is 4.27. The molecule has 0 radical (unpaired) electrons. The van der Waals surface area contributed by atoms with E-state index in [0.717, 1.165) is 103 Å². The van der Waals surface area contributed by atoms with Gasteiger partial charge in [0.1, 0.15) is 12.2 Å². The lowest BCUT2D eigenvalue weighted by Gasteiger charge is -2.24. The van der Waals surface area contributed by atoms with E-state index in [4.69, 9.17) is 9.47 Å². The summed E-state index contributed by atoms with van der Waals surface area (Å²) in [6.07, 6.45) is 47.7. The van der Waals surface area contributed by atoms with Crippen molar-refractivity contribution in [2.24, 2.45) is 0 Å². The first-order valence-corrected chi connectivity index (χ1v) is 31.4. The molecule has 0 aliphatic carbocycles. The number of esters is 2. The van der Waals surface area contributed by atoms with E-state index < -0.39 is 24.4 Å². The summed E-state index contributed by atoms with van der Waals surface area (Å²) in [5.41, 5.74) is 0. The number of aliphatic hydroxyl groups is 2. The van der Waals surface area contributed by atoms with Crippen molar-refractivity contribution in [3.8, 4) is 0 Å². The molecule has 75 heavy (non-hydrogen) atoms. The number of unbranched alkanes of at least 4 members (excludes halogenated alkanes) is 29. The Morgan fingerprint density at radius 3 is 1.20 bits per heavy atom. The van der Waals surface area contributed by atoms with Crippen LogP contribution in [0, 0.1) is 0 Å². The van der Waals surface area contributed by atoms with Crippen LogP contribution >= 0.6 is 0 Å². The van der Waals surface area contributed by atoms with Crippen LogP contribution < -0.4 is 10.6 Å². The third-order valence-electron chi connectivity index (χ3n) is 14.4. The quantitative estimate of drug-likeness (QED) is 0.0200. The summed E-state index contributed by atoms with van der Waals surface area (Å²) >= 11 is 0. The third-order valence-corrected chi connectivity index (χ3v) is 14.4. The van der Waals surface area contributed by atoms with Gasteiger partial charge in [0, 0.05) is 12.8 Å². The zero-order chi connectivity index (χ0) is 55.3. The number of carbonyl (C=O) groups excluding carboxylic acids is 4. The highest BCUT2D eigenvalue weighted by Crippen LogP contribution is 2.18. The lowest BCUT2D eigenvalue weighted by Crippen LogP contribution is -2.36. The monoisotopic (exact) mass is 1060 g/mol. The second-order valence-corrected chi connectivity index (χ2v) is 22.0. The van der Waals surface area contributed by atoms with Gasteiger partial charge in [-0.1, -0.05) is 225 Å². The normalized spacial score (nSPS) is 13.5. The van der Waals surface area contributed by atoms with Crippen molar-refractivity contribution in [3.63, 3.8) is 0 Å². The zero-order valence-corrected chi connectivity index (χ0v) is 49.7. The number of hydrogen-bond acceptors (Lipinski definition) is 10. The average molecular weight is 1060 g/mol. The molecule has 4 unspecified atom stereocenters. The maximum absolute atomic E-state index is 12.9. The molecule has 0 spiro atoms. The van der Waals surface area contributed by atoms with Gasteiger partial charge in [-0.2, -0.15) is 0 Å². The van der Waals surface area contributed by atoms with E-state index in [0.29, 0.717) is 25.7 Å². The second-order valence-electron chi connectivity index (χ2n) is 22.0. The maximum atomic E-state index is 12.9. The molecule has 0 bridgehead atoms. The number of aliphatic hydroxyl groups excluding tert-OH is 2. The largest absolute Gasteiger partial charge is 0.459 e. The molecule has 12 heteroatoms. The van der Waals surface area contributed by atoms with Gasteiger partial charge in [-0.05, 0) is 97.8 Å². The minimum Gasteiger partial charge on any atom is -0.459 e. The van der Waals surface area contributed by atoms with Gasteiger partial charge in [0.05, 0.1) is 32.0 Å². The molecule has 0 aliphatic heterocycles. The maximum Gasteiger partial charge on any atom is 0.320 e. The van der Waals surface area contributed by atoms with Gasteiger partial charge in [-0.15, -0.1) is 0 Å². The molecule has 0 fully saturated rings. The minimum absolute atomic E-state index is 0.0666. The highest BCUT2D eigenvalue weighted by molar-refractivity contribution is 5.79. The molecule has 0 saturated carbocycles. The molecule has 0 aromatic heterocycles. The molecule has 12 nitrogen and oxygen atoms in total. The van der Waals surface area contributed by atoms with Crippen molar-refractivity contribution in [1.29, 1.82) is 0 Å². The van der Waals surface area contributed by atoms with Gasteiger partial charge >= 0.3 is 11.9 Å². The van der Waals surface area contributed by atoms with Crippen LogP contribution in [0.1, 0.15) is 285 Å². The van der Waals surface area contributed by atoms with Crippen LogP contribution in [-0.2, 0) is 28.7 Å². The van der Waals surface area contributed by atoms with Gasteiger partial charge in [-0.3, -0.25) is 29.0 Å². The van der Waals surface area contributed by atoms with Crippen molar-refractivity contribution in [3.05, 3.63) is 24.3 Å². The lowest BCUT2D eigenvalue weighted by atomic mass is 10.0. The summed E-state index contributed by atoms with van der Waals surface area (Å²) in [6, 6.07) is 0. The van der Waals surface area contributed by atoms with Gasteiger partial charge in [0.15, 0.2) is 0 Å². The predicted molar refractivity (Wildman–Crippen MR) is 314 cm³/mol. The first-order chi connectivity index (χ1) is 36.5. The van der Waals surface area contributed by atoms with Crippen molar-refractivity contribution in [2.45, 2.75) is 309 Å². The number of carbonyl (C=O) groups is 4. The Morgan fingerprint density at radius 1 is 0.427 bits per heavy atom. The Bertz CT molecular complexity index is 1380. The zero-order valence-electron chi connectivity index (χ0n) is 49.7. The number of nitrogens with zero attached hydrogens (tertiary/aromatic N) is 2. The molecular formula is C63H120N4O8. The Labute approximate surface area is 461 Å². The first-order valence-electron chi connectivity index (χ1n) is 31.4. The fourth-order valence-electron chi connectivity index (χ4n) is 9.52. The minimum atomic E-state index is -0.853. The van der Waals surface area contributed by atoms with Crippen LogP contribution in [0.15, 0.2) is 24.3 Å². The van der Waals surface area contributed by atoms with Crippen molar-refractivity contribution >= 4 is 23.8 Å². The number of ether oxygens (including phenoxy) is 2. The number of hydrogen-bond donors (Lipinski definition) is 4. The summed E-state index contributed by atoms with van der Waals surface area (Å²) in [6.45, 7) is 11.0. The summed E-state index contributed by atoms with van der Waals surface area (Å²) in [5.74, 6) is -0.886. The number of allylic oxidation sites excluding steroid dienone is 1. The standard InChI is InChI=1S/C63H120N4O8/c1-7-11-15-17-19-21-23-27-31-35-43-51-66(5)53-62(72)74-58(47-37-13-9-3)56(68)45-39-33-29-25-26-30-34-40-49-60(70)64-55-65-61(71)50-42-41-46-57(69)59(48-38-14-10-4)75-63(73)54-67(6)52-44-36-32-28-24-22-20-18-16-12-8-2/h33,39,41-42,56-59,68-69H,7-32,34-38,40,43-55H2,1-6H3,(H,64,70)(H,65,71)/b39-33+,42-41+.